The van der Waals surface area contributed by atoms with Gasteiger partial charge in [0.2, 0.25) is 5.91 Å². The maximum Gasteiger partial charge on any atom is 0.239 e. The number of aryl methyl sites for hydroxylation is 1. The van der Waals surface area contributed by atoms with Gasteiger partial charge in [0.25, 0.3) is 0 Å². The Morgan fingerprint density at radius 2 is 2.26 bits per heavy atom. The van der Waals surface area contributed by atoms with E-state index in [4.69, 9.17) is 11.6 Å². The van der Waals surface area contributed by atoms with E-state index in [1.807, 2.05) is 31.7 Å². The minimum absolute atomic E-state index is 0.144. The van der Waals surface area contributed by atoms with Crippen molar-refractivity contribution in [2.24, 2.45) is 0 Å². The summed E-state index contributed by atoms with van der Waals surface area (Å²) in [6.45, 7) is 7.51. The first kappa shape index (κ1) is 14.8. The number of carbonyl (C=O) groups is 1. The molecular weight excluding hydrogens is 280 g/mol. The zero-order valence-corrected chi connectivity index (χ0v) is 13.3. The van der Waals surface area contributed by atoms with Gasteiger partial charge in [-0.15, -0.1) is 11.3 Å². The molecule has 1 amide bonds. The summed E-state index contributed by atoms with van der Waals surface area (Å²) in [5.74, 6) is 0.180. The van der Waals surface area contributed by atoms with Crippen molar-refractivity contribution in [2.75, 3.05) is 13.1 Å². The van der Waals surface area contributed by atoms with Gasteiger partial charge in [0.15, 0.2) is 0 Å². The molecule has 0 radical (unpaired) electrons. The van der Waals surface area contributed by atoms with E-state index in [2.05, 4.69) is 5.32 Å². The molecule has 2 rings (SSSR count). The SMILES string of the molecule is CCN(CC)C(=O)C(C)NC1CCc2sc(Cl)cc21. The van der Waals surface area contributed by atoms with E-state index in [-0.39, 0.29) is 18.0 Å². The number of amides is 1. The number of nitrogens with one attached hydrogen (secondary N) is 1. The third-order valence-electron chi connectivity index (χ3n) is 3.74. The number of carbonyl (C=O) groups excluding carboxylic acids is 1. The lowest BCUT2D eigenvalue weighted by atomic mass is 10.1. The molecule has 5 heteroatoms. The number of hydrogen-bond acceptors (Lipinski definition) is 3. The smallest absolute Gasteiger partial charge is 0.239 e. The summed E-state index contributed by atoms with van der Waals surface area (Å²) in [7, 11) is 0. The Bertz CT molecular complexity index is 456. The Labute approximate surface area is 123 Å². The molecule has 0 bridgehead atoms. The first-order valence-corrected chi connectivity index (χ1v) is 8.09. The van der Waals surface area contributed by atoms with Crippen molar-refractivity contribution in [3.63, 3.8) is 0 Å². The van der Waals surface area contributed by atoms with Crippen LogP contribution in [0.25, 0.3) is 0 Å². The lowest BCUT2D eigenvalue weighted by molar-refractivity contribution is -0.132. The summed E-state index contributed by atoms with van der Waals surface area (Å²) in [6.07, 6.45) is 2.13. The molecule has 1 aliphatic carbocycles. The van der Waals surface area contributed by atoms with Gasteiger partial charge in [-0.1, -0.05) is 11.6 Å². The van der Waals surface area contributed by atoms with Crippen LogP contribution < -0.4 is 5.32 Å². The highest BCUT2D eigenvalue weighted by molar-refractivity contribution is 7.16. The van der Waals surface area contributed by atoms with Gasteiger partial charge in [-0.2, -0.15) is 0 Å². The summed E-state index contributed by atoms with van der Waals surface area (Å²) in [4.78, 5) is 15.5. The Hall–Kier alpha value is -0.580. The molecule has 1 aliphatic rings. The molecular formula is C14H21ClN2OS. The van der Waals surface area contributed by atoms with Crippen molar-refractivity contribution in [1.82, 2.24) is 10.2 Å². The average Bonchev–Trinajstić information content (AvgIpc) is 2.91. The van der Waals surface area contributed by atoms with Gasteiger partial charge in [0.1, 0.15) is 0 Å². The lowest BCUT2D eigenvalue weighted by Crippen LogP contribution is -2.45. The van der Waals surface area contributed by atoms with Crippen molar-refractivity contribution in [2.45, 2.75) is 45.7 Å². The van der Waals surface area contributed by atoms with E-state index in [0.717, 1.165) is 30.3 Å². The molecule has 0 spiro atoms. The van der Waals surface area contributed by atoms with Crippen LogP contribution in [0.5, 0.6) is 0 Å². The number of likely N-dealkylation sites (N-methyl/N-ethyl adjacent to an activating group) is 1. The Morgan fingerprint density at radius 1 is 1.58 bits per heavy atom. The van der Waals surface area contributed by atoms with E-state index >= 15 is 0 Å². The van der Waals surface area contributed by atoms with E-state index in [1.54, 1.807) is 11.3 Å². The largest absolute Gasteiger partial charge is 0.342 e. The number of hydrogen-bond donors (Lipinski definition) is 1. The van der Waals surface area contributed by atoms with Crippen molar-refractivity contribution < 1.29 is 4.79 Å². The monoisotopic (exact) mass is 300 g/mol. The van der Waals surface area contributed by atoms with Crippen molar-refractivity contribution in [3.05, 3.63) is 20.8 Å². The Morgan fingerprint density at radius 3 is 2.89 bits per heavy atom. The minimum Gasteiger partial charge on any atom is -0.342 e. The highest BCUT2D eigenvalue weighted by Crippen LogP contribution is 2.39. The summed E-state index contributed by atoms with van der Waals surface area (Å²) in [5.41, 5.74) is 1.29. The van der Waals surface area contributed by atoms with E-state index in [9.17, 15) is 4.79 Å². The van der Waals surface area contributed by atoms with Gasteiger partial charge in [0, 0.05) is 24.0 Å². The average molecular weight is 301 g/mol. The molecule has 2 atom stereocenters. The van der Waals surface area contributed by atoms with Crippen LogP contribution in [-0.4, -0.2) is 29.9 Å². The molecule has 1 aromatic heterocycles. The molecule has 2 unspecified atom stereocenters. The quantitative estimate of drug-likeness (QED) is 0.905. The maximum absolute atomic E-state index is 12.3. The highest BCUT2D eigenvalue weighted by atomic mass is 35.5. The predicted molar refractivity (Wildman–Crippen MR) is 80.9 cm³/mol. The number of rotatable bonds is 5. The second-order valence-electron chi connectivity index (χ2n) is 4.92. The lowest BCUT2D eigenvalue weighted by Gasteiger charge is -2.25. The van der Waals surface area contributed by atoms with Gasteiger partial charge in [0.05, 0.1) is 10.4 Å². The topological polar surface area (TPSA) is 32.3 Å². The van der Waals surface area contributed by atoms with Crippen LogP contribution >= 0.6 is 22.9 Å². The fourth-order valence-corrected chi connectivity index (χ4v) is 4.04. The molecule has 19 heavy (non-hydrogen) atoms. The molecule has 3 nitrogen and oxygen atoms in total. The third kappa shape index (κ3) is 3.12. The standard InChI is InChI=1S/C14H21ClN2OS/c1-4-17(5-2)14(18)9(3)16-11-6-7-12-10(11)8-13(15)19-12/h8-9,11,16H,4-7H2,1-3H3. The van der Waals surface area contributed by atoms with E-state index in [0.29, 0.717) is 0 Å². The van der Waals surface area contributed by atoms with Crippen LogP contribution in [0.3, 0.4) is 0 Å². The number of halogens is 1. The predicted octanol–water partition coefficient (Wildman–Crippen LogP) is 3.24. The molecule has 1 heterocycles. The Kier molecular flexibility index (Phi) is 4.87. The summed E-state index contributed by atoms with van der Waals surface area (Å²) in [5, 5.41) is 3.45. The number of nitrogens with zero attached hydrogens (tertiary/aromatic N) is 1. The first-order chi connectivity index (χ1) is 9.06. The molecule has 0 saturated heterocycles. The third-order valence-corrected chi connectivity index (χ3v) is 5.08. The normalized spacial score (nSPS) is 19.3. The molecule has 1 aromatic rings. The number of thiophene rings is 1. The van der Waals surface area contributed by atoms with E-state index < -0.39 is 0 Å². The maximum atomic E-state index is 12.3. The van der Waals surface area contributed by atoms with Gasteiger partial charge in [-0.25, -0.2) is 0 Å². The van der Waals surface area contributed by atoms with Crippen molar-refractivity contribution >= 4 is 28.8 Å². The fourth-order valence-electron chi connectivity index (χ4n) is 2.69. The zero-order chi connectivity index (χ0) is 14.0. The summed E-state index contributed by atoms with van der Waals surface area (Å²) in [6, 6.07) is 2.17. The second-order valence-corrected chi connectivity index (χ2v) is 6.69. The molecule has 0 aliphatic heterocycles. The van der Waals surface area contributed by atoms with Crippen molar-refractivity contribution in [1.29, 1.82) is 0 Å². The number of fused-ring (bicyclic) bond motifs is 1. The van der Waals surface area contributed by atoms with Gasteiger partial charge in [-0.3, -0.25) is 10.1 Å². The zero-order valence-electron chi connectivity index (χ0n) is 11.7. The molecule has 0 fully saturated rings. The van der Waals surface area contributed by atoms with E-state index in [1.165, 1.54) is 10.4 Å². The molecule has 1 N–H and O–H groups in total. The Balaban J connectivity index is 2.00. The van der Waals surface area contributed by atoms with Crippen LogP contribution in [0.2, 0.25) is 4.34 Å². The van der Waals surface area contributed by atoms with Crippen LogP contribution in [0, 0.1) is 0 Å². The van der Waals surface area contributed by atoms with Crippen LogP contribution in [-0.2, 0) is 11.2 Å². The summed E-state index contributed by atoms with van der Waals surface area (Å²) < 4.78 is 0.847. The van der Waals surface area contributed by atoms with Gasteiger partial charge in [-0.05, 0) is 45.2 Å². The van der Waals surface area contributed by atoms with Gasteiger partial charge < -0.3 is 4.90 Å². The van der Waals surface area contributed by atoms with Gasteiger partial charge >= 0.3 is 0 Å². The van der Waals surface area contributed by atoms with Crippen LogP contribution in [0.1, 0.15) is 43.7 Å². The molecule has 106 valence electrons. The molecule has 0 aromatic carbocycles. The molecule has 0 saturated carbocycles. The van der Waals surface area contributed by atoms with Crippen molar-refractivity contribution in [3.8, 4) is 0 Å². The summed E-state index contributed by atoms with van der Waals surface area (Å²) >= 11 is 7.72. The fraction of sp³-hybridized carbons (Fsp3) is 0.643. The minimum atomic E-state index is -0.144. The van der Waals surface area contributed by atoms with Crippen LogP contribution in [0.15, 0.2) is 6.07 Å². The second kappa shape index (κ2) is 6.25. The first-order valence-electron chi connectivity index (χ1n) is 6.89. The highest BCUT2D eigenvalue weighted by Gasteiger charge is 2.28. The van der Waals surface area contributed by atoms with Crippen LogP contribution in [0.4, 0.5) is 0 Å².